The lowest BCUT2D eigenvalue weighted by Gasteiger charge is -2.34. The number of fused-ring (bicyclic) bond motifs is 1. The summed E-state index contributed by atoms with van der Waals surface area (Å²) in [5.74, 6) is 0.418. The van der Waals surface area contributed by atoms with Gasteiger partial charge in [0, 0.05) is 24.8 Å². The Morgan fingerprint density at radius 3 is 2.56 bits per heavy atom. The molecule has 1 heterocycles. The van der Waals surface area contributed by atoms with Crippen LogP contribution in [0.3, 0.4) is 0 Å². The molecule has 32 heavy (non-hydrogen) atoms. The fourth-order valence-corrected chi connectivity index (χ4v) is 4.96. The molecule has 0 saturated heterocycles. The Hall–Kier alpha value is -3.16. The largest absolute Gasteiger partial charge is 0.481 e. The molecule has 5 nitrogen and oxygen atoms in total. The van der Waals surface area contributed by atoms with E-state index in [1.54, 1.807) is 43.4 Å². The zero-order chi connectivity index (χ0) is 22.8. The predicted octanol–water partition coefficient (Wildman–Crippen LogP) is 4.92. The van der Waals surface area contributed by atoms with Crippen LogP contribution in [0.25, 0.3) is 6.08 Å². The number of anilines is 1. The van der Waals surface area contributed by atoms with Crippen LogP contribution in [-0.2, 0) is 16.6 Å². The van der Waals surface area contributed by atoms with E-state index < -0.39 is 15.6 Å². The molecule has 7 heteroatoms. The van der Waals surface area contributed by atoms with Gasteiger partial charge in [0.2, 0.25) is 10.0 Å². The molecule has 4 rings (SSSR count). The number of nitrogens with zero attached hydrogens (tertiary/aromatic N) is 1. The summed E-state index contributed by atoms with van der Waals surface area (Å²) in [7, 11) is -2.06. The first-order valence-electron chi connectivity index (χ1n) is 10.3. The maximum atomic E-state index is 13.4. The molecule has 3 aromatic carbocycles. The minimum Gasteiger partial charge on any atom is -0.481 e. The first kappa shape index (κ1) is 22.0. The van der Waals surface area contributed by atoms with E-state index in [1.165, 1.54) is 16.4 Å². The monoisotopic (exact) mass is 452 g/mol. The Morgan fingerprint density at radius 1 is 1.03 bits per heavy atom. The highest BCUT2D eigenvalue weighted by molar-refractivity contribution is 7.89. The maximum absolute atomic E-state index is 13.4. The molecule has 0 aliphatic carbocycles. The van der Waals surface area contributed by atoms with Crippen molar-refractivity contribution in [1.29, 1.82) is 0 Å². The number of hydrogen-bond donors (Lipinski definition) is 1. The van der Waals surface area contributed by atoms with Crippen molar-refractivity contribution in [2.75, 3.05) is 18.9 Å². The number of sulfonamides is 1. The van der Waals surface area contributed by atoms with Gasteiger partial charge in [0.15, 0.2) is 0 Å². The quantitative estimate of drug-likeness (QED) is 0.553. The summed E-state index contributed by atoms with van der Waals surface area (Å²) in [5.41, 5.74) is 1.82. The van der Waals surface area contributed by atoms with Crippen molar-refractivity contribution in [3.05, 3.63) is 95.8 Å². The molecule has 1 aliphatic heterocycles. The van der Waals surface area contributed by atoms with E-state index in [2.05, 4.69) is 5.32 Å². The van der Waals surface area contributed by atoms with Crippen molar-refractivity contribution in [1.82, 2.24) is 4.31 Å². The van der Waals surface area contributed by atoms with E-state index in [-0.39, 0.29) is 17.3 Å². The van der Waals surface area contributed by atoms with E-state index in [4.69, 9.17) is 4.74 Å². The molecule has 0 bridgehead atoms. The topological polar surface area (TPSA) is 58.6 Å². The van der Waals surface area contributed by atoms with Crippen molar-refractivity contribution in [2.24, 2.45) is 0 Å². The van der Waals surface area contributed by atoms with Gasteiger partial charge < -0.3 is 10.1 Å². The van der Waals surface area contributed by atoms with Gasteiger partial charge in [-0.05, 0) is 61.0 Å². The van der Waals surface area contributed by atoms with Crippen molar-refractivity contribution in [3.63, 3.8) is 0 Å². The third kappa shape index (κ3) is 4.84. The fourth-order valence-electron chi connectivity index (χ4n) is 3.67. The first-order valence-corrected chi connectivity index (χ1v) is 11.7. The van der Waals surface area contributed by atoms with Crippen LogP contribution >= 0.6 is 0 Å². The van der Waals surface area contributed by atoms with Gasteiger partial charge >= 0.3 is 0 Å². The molecule has 3 aromatic rings. The molecule has 1 unspecified atom stereocenters. The molecule has 0 aromatic heterocycles. The normalized spacial score (nSPS) is 17.6. The van der Waals surface area contributed by atoms with Crippen LogP contribution in [0.15, 0.2) is 83.8 Å². The van der Waals surface area contributed by atoms with Gasteiger partial charge in [0.25, 0.3) is 0 Å². The standard InChI is InChI=1S/C25H25FN2O3S/c1-25(18-28(2)32(29,30)23-9-4-3-5-10-23)14-13-20-16-22(11-12-24(20)31-25)27-17-19-7-6-8-21(26)15-19/h3-16,27H,17-18H2,1-2H3. The third-order valence-corrected chi connectivity index (χ3v) is 7.16. The smallest absolute Gasteiger partial charge is 0.242 e. The van der Waals surface area contributed by atoms with E-state index in [1.807, 2.05) is 43.3 Å². The molecular weight excluding hydrogens is 427 g/mol. The Kier molecular flexibility index (Phi) is 6.04. The summed E-state index contributed by atoms with van der Waals surface area (Å²) in [4.78, 5) is 0.250. The average Bonchev–Trinajstić information content (AvgIpc) is 2.78. The molecular formula is C25H25FN2O3S. The predicted molar refractivity (Wildman–Crippen MR) is 124 cm³/mol. The number of hydrogen-bond acceptors (Lipinski definition) is 4. The molecule has 1 aliphatic rings. The van der Waals surface area contributed by atoms with E-state index in [0.29, 0.717) is 12.3 Å². The molecule has 0 fully saturated rings. The van der Waals surface area contributed by atoms with Crippen LogP contribution < -0.4 is 10.1 Å². The zero-order valence-corrected chi connectivity index (χ0v) is 18.8. The fraction of sp³-hybridized carbons (Fsp3) is 0.200. The van der Waals surface area contributed by atoms with Gasteiger partial charge in [-0.1, -0.05) is 36.4 Å². The third-order valence-electron chi connectivity index (χ3n) is 5.34. The van der Waals surface area contributed by atoms with Crippen molar-refractivity contribution in [2.45, 2.75) is 24.0 Å². The van der Waals surface area contributed by atoms with Crippen LogP contribution in [0.2, 0.25) is 0 Å². The number of nitrogens with one attached hydrogen (secondary N) is 1. The summed E-state index contributed by atoms with van der Waals surface area (Å²) < 4.78 is 46.6. The van der Waals surface area contributed by atoms with Gasteiger partial charge in [0.1, 0.15) is 17.2 Å². The summed E-state index contributed by atoms with van der Waals surface area (Å²) in [6, 6.07) is 20.5. The lowest BCUT2D eigenvalue weighted by atomic mass is 10.00. The lowest BCUT2D eigenvalue weighted by Crippen LogP contribution is -2.45. The molecule has 1 N–H and O–H groups in total. The molecule has 1 atom stereocenters. The molecule has 166 valence electrons. The van der Waals surface area contributed by atoms with Crippen molar-refractivity contribution in [3.8, 4) is 5.75 Å². The van der Waals surface area contributed by atoms with Crippen LogP contribution in [0.5, 0.6) is 5.75 Å². The van der Waals surface area contributed by atoms with Gasteiger partial charge in [-0.3, -0.25) is 0 Å². The van der Waals surface area contributed by atoms with E-state index in [0.717, 1.165) is 16.8 Å². The number of benzene rings is 3. The second-order valence-electron chi connectivity index (χ2n) is 8.06. The highest BCUT2D eigenvalue weighted by Crippen LogP contribution is 2.34. The highest BCUT2D eigenvalue weighted by Gasteiger charge is 2.33. The van der Waals surface area contributed by atoms with E-state index in [9.17, 15) is 12.8 Å². The Morgan fingerprint density at radius 2 is 1.81 bits per heavy atom. The average molecular weight is 453 g/mol. The lowest BCUT2D eigenvalue weighted by molar-refractivity contribution is 0.117. The second-order valence-corrected chi connectivity index (χ2v) is 10.1. The second kappa shape index (κ2) is 8.76. The maximum Gasteiger partial charge on any atom is 0.242 e. The van der Waals surface area contributed by atoms with Crippen molar-refractivity contribution < 1.29 is 17.5 Å². The van der Waals surface area contributed by atoms with Crippen LogP contribution in [-0.4, -0.2) is 31.9 Å². The van der Waals surface area contributed by atoms with Gasteiger partial charge in [-0.15, -0.1) is 0 Å². The van der Waals surface area contributed by atoms with Crippen LogP contribution in [0.1, 0.15) is 18.1 Å². The summed E-state index contributed by atoms with van der Waals surface area (Å²) in [6.45, 7) is 2.53. The summed E-state index contributed by atoms with van der Waals surface area (Å²) in [5, 5.41) is 3.29. The molecule has 0 amide bonds. The highest BCUT2D eigenvalue weighted by atomic mass is 32.2. The molecule has 0 saturated carbocycles. The van der Waals surface area contributed by atoms with E-state index >= 15 is 0 Å². The minimum absolute atomic E-state index is 0.166. The van der Waals surface area contributed by atoms with Gasteiger partial charge in [-0.25, -0.2) is 12.8 Å². The number of ether oxygens (including phenoxy) is 1. The van der Waals surface area contributed by atoms with Crippen LogP contribution in [0.4, 0.5) is 10.1 Å². The summed E-state index contributed by atoms with van der Waals surface area (Å²) >= 11 is 0. The van der Waals surface area contributed by atoms with Gasteiger partial charge in [-0.2, -0.15) is 4.31 Å². The number of halogens is 1. The van der Waals surface area contributed by atoms with Crippen molar-refractivity contribution >= 4 is 21.8 Å². The first-order chi connectivity index (χ1) is 15.2. The zero-order valence-electron chi connectivity index (χ0n) is 18.0. The summed E-state index contributed by atoms with van der Waals surface area (Å²) in [6.07, 6.45) is 3.82. The van der Waals surface area contributed by atoms with Crippen LogP contribution in [0, 0.1) is 5.82 Å². The number of rotatable bonds is 7. The Balaban J connectivity index is 1.45. The molecule has 0 spiro atoms. The Bertz CT molecular complexity index is 1250. The van der Waals surface area contributed by atoms with Gasteiger partial charge in [0.05, 0.1) is 11.4 Å². The minimum atomic E-state index is -3.61. The number of likely N-dealkylation sites (N-methyl/N-ethyl adjacent to an activating group) is 1. The Labute approximate surface area is 188 Å². The molecule has 0 radical (unpaired) electrons. The SMILES string of the molecule is CN(CC1(C)C=Cc2cc(NCc3cccc(F)c3)ccc2O1)S(=O)(=O)c1ccccc1.